The van der Waals surface area contributed by atoms with Crippen LogP contribution in [0.2, 0.25) is 0 Å². The van der Waals surface area contributed by atoms with Crippen molar-refractivity contribution < 1.29 is 0 Å². The van der Waals surface area contributed by atoms with Crippen molar-refractivity contribution in [2.45, 2.75) is 12.3 Å². The normalized spacial score (nSPS) is 41.6. The van der Waals surface area contributed by atoms with Gasteiger partial charge < -0.3 is 0 Å². The van der Waals surface area contributed by atoms with Crippen LogP contribution in [0.15, 0.2) is 0 Å². The predicted molar refractivity (Wildman–Crippen MR) is 56.0 cm³/mol. The van der Waals surface area contributed by atoms with E-state index in [9.17, 15) is 0 Å². The lowest BCUT2D eigenvalue weighted by Crippen LogP contribution is -2.69. The summed E-state index contributed by atoms with van der Waals surface area (Å²) in [6.45, 7) is 7.51. The zero-order valence-electron chi connectivity index (χ0n) is 9.19. The Morgan fingerprint density at radius 1 is 0.643 bits per heavy atom. The fourth-order valence-electron chi connectivity index (χ4n) is 3.25. The molecule has 0 N–H and O–H groups in total. The van der Waals surface area contributed by atoms with E-state index in [1.807, 2.05) is 0 Å². The van der Waals surface area contributed by atoms with E-state index in [4.69, 9.17) is 0 Å². The molecule has 0 aromatic carbocycles. The number of hydrogen-bond acceptors (Lipinski definition) is 4. The van der Waals surface area contributed by atoms with Crippen LogP contribution in [0, 0.1) is 0 Å². The standard InChI is InChI=1S/C10H20N4/c1-11-3-5-13-7-8-14-6-4-12(2)9(11)10(13)14/h9-10H,3-8H2,1-2H3. The first-order valence-electron chi connectivity index (χ1n) is 5.66. The molecule has 0 aliphatic carbocycles. The molecule has 0 spiro atoms. The van der Waals surface area contributed by atoms with Crippen molar-refractivity contribution in [1.82, 2.24) is 19.6 Å². The van der Waals surface area contributed by atoms with E-state index in [1.54, 1.807) is 0 Å². The third kappa shape index (κ3) is 1.15. The smallest absolute Gasteiger partial charge is 0.0923 e. The van der Waals surface area contributed by atoms with Crippen LogP contribution >= 0.6 is 0 Å². The average Bonchev–Trinajstić information content (AvgIpc) is 2.58. The minimum Gasteiger partial charge on any atom is -0.287 e. The van der Waals surface area contributed by atoms with Crippen molar-refractivity contribution >= 4 is 0 Å². The third-order valence-corrected chi connectivity index (χ3v) is 4.07. The van der Waals surface area contributed by atoms with Gasteiger partial charge in [-0.15, -0.1) is 0 Å². The van der Waals surface area contributed by atoms with E-state index < -0.39 is 0 Å². The summed E-state index contributed by atoms with van der Waals surface area (Å²) in [5.41, 5.74) is 0. The van der Waals surface area contributed by atoms with Crippen LogP contribution in [0.5, 0.6) is 0 Å². The number of piperazine rings is 2. The van der Waals surface area contributed by atoms with Gasteiger partial charge in [0.15, 0.2) is 0 Å². The molecule has 0 amide bonds. The van der Waals surface area contributed by atoms with Gasteiger partial charge in [-0.05, 0) is 14.1 Å². The van der Waals surface area contributed by atoms with Gasteiger partial charge in [0.2, 0.25) is 0 Å². The molecular weight excluding hydrogens is 176 g/mol. The molecule has 4 heteroatoms. The summed E-state index contributed by atoms with van der Waals surface area (Å²) in [5, 5.41) is 0. The first-order chi connectivity index (χ1) is 6.77. The van der Waals surface area contributed by atoms with Crippen molar-refractivity contribution in [3.05, 3.63) is 0 Å². The lowest BCUT2D eigenvalue weighted by molar-refractivity contribution is -0.0988. The molecule has 14 heavy (non-hydrogen) atoms. The number of nitrogens with zero attached hydrogens (tertiary/aromatic N) is 4. The number of rotatable bonds is 0. The van der Waals surface area contributed by atoms with Crippen LogP contribution in [0.4, 0.5) is 0 Å². The Morgan fingerprint density at radius 2 is 1.07 bits per heavy atom. The summed E-state index contributed by atoms with van der Waals surface area (Å²) in [6.07, 6.45) is 1.30. The molecule has 3 heterocycles. The molecule has 0 aromatic rings. The molecule has 3 fully saturated rings. The highest BCUT2D eigenvalue weighted by Crippen LogP contribution is 2.28. The highest BCUT2D eigenvalue weighted by atomic mass is 15.5. The van der Waals surface area contributed by atoms with E-state index in [0.29, 0.717) is 12.3 Å². The van der Waals surface area contributed by atoms with Crippen LogP contribution < -0.4 is 0 Å². The molecule has 0 saturated carbocycles. The second-order valence-electron chi connectivity index (χ2n) is 4.86. The molecule has 0 aromatic heterocycles. The van der Waals surface area contributed by atoms with E-state index in [1.165, 1.54) is 39.3 Å². The summed E-state index contributed by atoms with van der Waals surface area (Å²) in [5.74, 6) is 0. The average molecular weight is 196 g/mol. The molecule has 3 aliphatic heterocycles. The third-order valence-electron chi connectivity index (χ3n) is 4.07. The van der Waals surface area contributed by atoms with Crippen LogP contribution in [-0.2, 0) is 0 Å². The highest BCUT2D eigenvalue weighted by Gasteiger charge is 2.46. The molecule has 3 rings (SSSR count). The largest absolute Gasteiger partial charge is 0.287 e. The Hall–Kier alpha value is -0.160. The maximum Gasteiger partial charge on any atom is 0.0923 e. The lowest BCUT2D eigenvalue weighted by Gasteiger charge is -2.52. The van der Waals surface area contributed by atoms with Gasteiger partial charge in [0.25, 0.3) is 0 Å². The SMILES string of the molecule is CN1CCN2CCN3CCN(C)C1C23. The van der Waals surface area contributed by atoms with Crippen LogP contribution in [0.25, 0.3) is 0 Å². The summed E-state index contributed by atoms with van der Waals surface area (Å²) >= 11 is 0. The van der Waals surface area contributed by atoms with Crippen LogP contribution in [0.3, 0.4) is 0 Å². The molecule has 0 atom stereocenters. The molecule has 0 unspecified atom stereocenters. The fourth-order valence-corrected chi connectivity index (χ4v) is 3.25. The molecular formula is C10H20N4. The van der Waals surface area contributed by atoms with E-state index in [2.05, 4.69) is 33.7 Å². The molecule has 4 nitrogen and oxygen atoms in total. The highest BCUT2D eigenvalue weighted by molar-refractivity contribution is 4.97. The van der Waals surface area contributed by atoms with Gasteiger partial charge in [-0.25, -0.2) is 0 Å². The lowest BCUT2D eigenvalue weighted by atomic mass is 10.1. The Balaban J connectivity index is 1.89. The van der Waals surface area contributed by atoms with Crippen molar-refractivity contribution in [2.24, 2.45) is 0 Å². The molecule has 80 valence electrons. The number of likely N-dealkylation sites (N-methyl/N-ethyl adjacent to an activating group) is 2. The first-order valence-corrected chi connectivity index (χ1v) is 5.66. The second kappa shape index (κ2) is 3.17. The maximum atomic E-state index is 2.65. The van der Waals surface area contributed by atoms with Gasteiger partial charge >= 0.3 is 0 Å². The minimum absolute atomic E-state index is 0.625. The predicted octanol–water partition coefficient (Wildman–Crippen LogP) is -0.853. The zero-order valence-corrected chi connectivity index (χ0v) is 9.19. The van der Waals surface area contributed by atoms with Crippen molar-refractivity contribution in [2.75, 3.05) is 53.4 Å². The molecule has 3 saturated heterocycles. The van der Waals surface area contributed by atoms with Gasteiger partial charge in [0, 0.05) is 39.3 Å². The van der Waals surface area contributed by atoms with E-state index in [0.717, 1.165) is 0 Å². The summed E-state index contributed by atoms with van der Waals surface area (Å²) < 4.78 is 0. The van der Waals surface area contributed by atoms with Gasteiger partial charge in [0.05, 0.1) is 12.3 Å². The van der Waals surface area contributed by atoms with E-state index >= 15 is 0 Å². The summed E-state index contributed by atoms with van der Waals surface area (Å²) in [7, 11) is 4.53. The van der Waals surface area contributed by atoms with Crippen LogP contribution in [0.1, 0.15) is 0 Å². The Morgan fingerprint density at radius 3 is 1.57 bits per heavy atom. The van der Waals surface area contributed by atoms with E-state index in [-0.39, 0.29) is 0 Å². The van der Waals surface area contributed by atoms with Gasteiger partial charge in [-0.1, -0.05) is 0 Å². The van der Waals surface area contributed by atoms with Gasteiger partial charge in [-0.2, -0.15) is 0 Å². The Bertz CT molecular complexity index is 210. The van der Waals surface area contributed by atoms with Crippen molar-refractivity contribution in [1.29, 1.82) is 0 Å². The summed E-state index contributed by atoms with van der Waals surface area (Å²) in [4.78, 5) is 10.3. The second-order valence-corrected chi connectivity index (χ2v) is 4.86. The van der Waals surface area contributed by atoms with Gasteiger partial charge in [0.1, 0.15) is 0 Å². The molecule has 3 aliphatic rings. The maximum absolute atomic E-state index is 2.65. The molecule has 0 bridgehead atoms. The first kappa shape index (κ1) is 9.09. The number of hydrogen-bond donors (Lipinski definition) is 0. The van der Waals surface area contributed by atoms with Crippen molar-refractivity contribution in [3.63, 3.8) is 0 Å². The monoisotopic (exact) mass is 196 g/mol. The Kier molecular flexibility index (Phi) is 2.06. The molecule has 0 radical (unpaired) electrons. The quantitative estimate of drug-likeness (QED) is 0.500. The van der Waals surface area contributed by atoms with Gasteiger partial charge in [-0.3, -0.25) is 19.6 Å². The Labute approximate surface area is 86.0 Å². The minimum atomic E-state index is 0.625. The summed E-state index contributed by atoms with van der Waals surface area (Å²) in [6, 6.07) is 0. The zero-order chi connectivity index (χ0) is 9.71. The van der Waals surface area contributed by atoms with Crippen LogP contribution in [-0.4, -0.2) is 85.3 Å². The van der Waals surface area contributed by atoms with Crippen molar-refractivity contribution in [3.8, 4) is 0 Å². The topological polar surface area (TPSA) is 13.0 Å². The fraction of sp³-hybridized carbons (Fsp3) is 1.00.